The maximum absolute atomic E-state index is 11.0. The van der Waals surface area contributed by atoms with E-state index in [1.807, 2.05) is 0 Å². The van der Waals surface area contributed by atoms with Crippen molar-refractivity contribution < 1.29 is 8.95 Å². The van der Waals surface area contributed by atoms with Crippen molar-refractivity contribution in [3.63, 3.8) is 0 Å². The van der Waals surface area contributed by atoms with Gasteiger partial charge in [-0.1, -0.05) is 6.92 Å². The Morgan fingerprint density at radius 2 is 1.89 bits per heavy atom. The molecule has 0 spiro atoms. The Balaban J connectivity index is 2.73. The lowest BCUT2D eigenvalue weighted by Gasteiger charge is -2.13. The fourth-order valence-electron chi connectivity index (χ4n) is 1.38. The van der Waals surface area contributed by atoms with Gasteiger partial charge in [0.1, 0.15) is 6.33 Å². The number of nitrogens with zero attached hydrogens (tertiary/aromatic N) is 2. The Labute approximate surface area is 110 Å². The van der Waals surface area contributed by atoms with Crippen LogP contribution in [0.25, 0.3) is 0 Å². The molecule has 6 nitrogen and oxygen atoms in total. The molecule has 2 N–H and O–H groups in total. The van der Waals surface area contributed by atoms with Gasteiger partial charge in [-0.2, -0.15) is 0 Å². The number of aromatic nitrogens is 2. The Kier molecular flexibility index (Phi) is 6.42. The number of anilines is 2. The van der Waals surface area contributed by atoms with Gasteiger partial charge in [-0.3, -0.25) is 4.21 Å². The van der Waals surface area contributed by atoms with Gasteiger partial charge >= 0.3 is 0 Å². The molecule has 1 aromatic rings. The summed E-state index contributed by atoms with van der Waals surface area (Å²) in [5.74, 6) is 2.46. The highest BCUT2D eigenvalue weighted by atomic mass is 32.2. The third-order valence-corrected chi connectivity index (χ3v) is 3.01. The Morgan fingerprint density at radius 3 is 2.39 bits per heavy atom. The third-order valence-electron chi connectivity index (χ3n) is 2.23. The molecule has 1 aromatic heterocycles. The van der Waals surface area contributed by atoms with Crippen molar-refractivity contribution in [2.24, 2.45) is 0 Å². The van der Waals surface area contributed by atoms with Crippen molar-refractivity contribution in [3.05, 3.63) is 6.33 Å². The average molecular weight is 272 g/mol. The second kappa shape index (κ2) is 7.86. The molecule has 0 aliphatic rings. The minimum atomic E-state index is -0.820. The minimum Gasteiger partial charge on any atom is -0.490 e. The van der Waals surface area contributed by atoms with Crippen LogP contribution in [0.3, 0.4) is 0 Å². The van der Waals surface area contributed by atoms with Gasteiger partial charge in [0.25, 0.3) is 0 Å². The van der Waals surface area contributed by atoms with Gasteiger partial charge in [0.15, 0.2) is 11.6 Å². The molecule has 102 valence electrons. The summed E-state index contributed by atoms with van der Waals surface area (Å²) in [6.45, 7) is 3.49. The summed E-state index contributed by atoms with van der Waals surface area (Å²) in [6.07, 6.45) is 4.16. The average Bonchev–Trinajstić information content (AvgIpc) is 2.36. The number of hydrogen-bond acceptors (Lipinski definition) is 6. The summed E-state index contributed by atoms with van der Waals surface area (Å²) >= 11 is 0. The lowest BCUT2D eigenvalue weighted by Crippen LogP contribution is -2.13. The van der Waals surface area contributed by atoms with Crippen molar-refractivity contribution in [1.29, 1.82) is 0 Å². The van der Waals surface area contributed by atoms with Crippen LogP contribution in [-0.4, -0.2) is 46.4 Å². The van der Waals surface area contributed by atoms with Gasteiger partial charge in [0.05, 0.1) is 7.11 Å². The number of methoxy groups -OCH3 is 1. The van der Waals surface area contributed by atoms with Crippen molar-refractivity contribution >= 4 is 22.4 Å². The van der Waals surface area contributed by atoms with Gasteiger partial charge in [-0.05, 0) is 6.42 Å². The van der Waals surface area contributed by atoms with Crippen molar-refractivity contribution in [1.82, 2.24) is 9.97 Å². The van der Waals surface area contributed by atoms with Crippen LogP contribution in [0.5, 0.6) is 5.75 Å². The molecule has 0 fully saturated rings. The van der Waals surface area contributed by atoms with Crippen LogP contribution in [0.4, 0.5) is 11.6 Å². The van der Waals surface area contributed by atoms with Crippen molar-refractivity contribution in [2.45, 2.75) is 13.3 Å². The summed E-state index contributed by atoms with van der Waals surface area (Å²) in [4.78, 5) is 8.27. The highest BCUT2D eigenvalue weighted by Gasteiger charge is 2.11. The van der Waals surface area contributed by atoms with Crippen LogP contribution in [0.1, 0.15) is 13.3 Å². The fraction of sp³-hybridized carbons (Fsp3) is 0.636. The Bertz CT molecular complexity index is 401. The van der Waals surface area contributed by atoms with E-state index in [1.54, 1.807) is 13.4 Å². The molecule has 0 saturated carbocycles. The van der Waals surface area contributed by atoms with E-state index < -0.39 is 10.8 Å². The fourth-order valence-corrected chi connectivity index (χ4v) is 1.77. The molecule has 0 saturated heterocycles. The molecule has 1 heterocycles. The van der Waals surface area contributed by atoms with Crippen molar-refractivity contribution in [3.8, 4) is 5.75 Å². The maximum Gasteiger partial charge on any atom is 0.204 e. The van der Waals surface area contributed by atoms with E-state index in [0.29, 0.717) is 29.7 Å². The molecule has 0 radical (unpaired) electrons. The first-order chi connectivity index (χ1) is 8.69. The number of rotatable bonds is 8. The Morgan fingerprint density at radius 1 is 1.28 bits per heavy atom. The van der Waals surface area contributed by atoms with E-state index in [9.17, 15) is 4.21 Å². The summed E-state index contributed by atoms with van der Waals surface area (Å²) in [7, 11) is 0.762. The van der Waals surface area contributed by atoms with Gasteiger partial charge in [0, 0.05) is 35.9 Å². The molecule has 1 rings (SSSR count). The SMILES string of the molecule is CCCNc1ncnc(NCCS(C)=O)c1OC. The van der Waals surface area contributed by atoms with E-state index in [4.69, 9.17) is 4.74 Å². The molecule has 7 heteroatoms. The molecule has 1 unspecified atom stereocenters. The number of nitrogens with one attached hydrogen (secondary N) is 2. The summed E-state index contributed by atoms with van der Waals surface area (Å²) in [5, 5.41) is 6.28. The van der Waals surface area contributed by atoms with Crippen molar-refractivity contribution in [2.75, 3.05) is 42.8 Å². The van der Waals surface area contributed by atoms with Crippen LogP contribution < -0.4 is 15.4 Å². The molecule has 0 aliphatic carbocycles. The number of ether oxygens (including phenoxy) is 1. The number of hydrogen-bond donors (Lipinski definition) is 2. The van der Waals surface area contributed by atoms with Gasteiger partial charge in [0.2, 0.25) is 5.75 Å². The highest BCUT2D eigenvalue weighted by Crippen LogP contribution is 2.28. The predicted octanol–water partition coefficient (Wildman–Crippen LogP) is 1.10. The zero-order chi connectivity index (χ0) is 13.4. The maximum atomic E-state index is 11.0. The standard InChI is InChI=1S/C11H20N4O2S/c1-4-5-12-10-9(17-2)11(15-8-14-10)13-6-7-18(3)16/h8H,4-7H2,1-3H3,(H2,12,13,14,15). The summed E-state index contributed by atoms with van der Waals surface area (Å²) in [6, 6.07) is 0. The quantitative estimate of drug-likeness (QED) is 0.738. The van der Waals surface area contributed by atoms with Crippen LogP contribution in [0.2, 0.25) is 0 Å². The van der Waals surface area contributed by atoms with Crippen LogP contribution in [-0.2, 0) is 10.8 Å². The first kappa shape index (κ1) is 14.7. The second-order valence-corrected chi connectivity index (χ2v) is 5.29. The van der Waals surface area contributed by atoms with Crippen LogP contribution in [0.15, 0.2) is 6.33 Å². The van der Waals surface area contributed by atoms with Gasteiger partial charge in [-0.25, -0.2) is 9.97 Å². The van der Waals surface area contributed by atoms with E-state index >= 15 is 0 Å². The zero-order valence-electron chi connectivity index (χ0n) is 11.0. The lowest BCUT2D eigenvalue weighted by molar-refractivity contribution is 0.414. The van der Waals surface area contributed by atoms with Gasteiger partial charge in [-0.15, -0.1) is 0 Å². The largest absolute Gasteiger partial charge is 0.490 e. The zero-order valence-corrected chi connectivity index (χ0v) is 11.8. The molecule has 0 bridgehead atoms. The smallest absolute Gasteiger partial charge is 0.204 e. The Hall–Kier alpha value is -1.37. The third kappa shape index (κ3) is 4.48. The summed E-state index contributed by atoms with van der Waals surface area (Å²) in [5.41, 5.74) is 0. The normalized spacial score (nSPS) is 11.9. The van der Waals surface area contributed by atoms with Crippen LogP contribution >= 0.6 is 0 Å². The molecular formula is C11H20N4O2S. The lowest BCUT2D eigenvalue weighted by atomic mass is 10.4. The van der Waals surface area contributed by atoms with E-state index in [1.165, 1.54) is 6.33 Å². The monoisotopic (exact) mass is 272 g/mol. The molecule has 0 aromatic carbocycles. The predicted molar refractivity (Wildman–Crippen MR) is 74.8 cm³/mol. The highest BCUT2D eigenvalue weighted by molar-refractivity contribution is 7.84. The summed E-state index contributed by atoms with van der Waals surface area (Å²) < 4.78 is 16.3. The molecule has 18 heavy (non-hydrogen) atoms. The van der Waals surface area contributed by atoms with E-state index in [2.05, 4.69) is 27.5 Å². The first-order valence-corrected chi connectivity index (χ1v) is 7.58. The van der Waals surface area contributed by atoms with Crippen LogP contribution in [0, 0.1) is 0 Å². The minimum absolute atomic E-state index is 0.574. The topological polar surface area (TPSA) is 76.1 Å². The molecular weight excluding hydrogens is 252 g/mol. The van der Waals surface area contributed by atoms with E-state index in [-0.39, 0.29) is 0 Å². The molecule has 0 aliphatic heterocycles. The molecule has 0 amide bonds. The first-order valence-electron chi connectivity index (χ1n) is 5.85. The van der Waals surface area contributed by atoms with E-state index in [0.717, 1.165) is 13.0 Å². The molecule has 1 atom stereocenters. The second-order valence-electron chi connectivity index (χ2n) is 3.74. The van der Waals surface area contributed by atoms with Gasteiger partial charge < -0.3 is 15.4 Å².